The molecule has 3 heteroatoms. The monoisotopic (exact) mass is 264 g/mol. The highest BCUT2D eigenvalue weighted by atomic mass is 16.5. The number of esters is 1. The Kier molecular flexibility index (Phi) is 5.10. The Balaban J connectivity index is 3.09. The highest BCUT2D eigenvalue weighted by molar-refractivity contribution is 5.94. The lowest BCUT2D eigenvalue weighted by Crippen LogP contribution is -2.40. The molecule has 0 aromatic heterocycles. The SMILES string of the molecule is CC=CC(=O)C1C(C)=CC(OC(C)=O)CC1(C)CC. The number of rotatable bonds is 4. The maximum atomic E-state index is 12.3. The zero-order valence-corrected chi connectivity index (χ0v) is 12.5. The average Bonchev–Trinajstić information content (AvgIpc) is 2.27. The second-order valence-electron chi connectivity index (χ2n) is 5.61. The van der Waals surface area contributed by atoms with Gasteiger partial charge in [0.2, 0.25) is 0 Å². The summed E-state index contributed by atoms with van der Waals surface area (Å²) >= 11 is 0. The first-order valence-corrected chi connectivity index (χ1v) is 6.86. The second kappa shape index (κ2) is 6.18. The molecule has 0 amide bonds. The molecule has 1 aliphatic rings. The Morgan fingerprint density at radius 1 is 1.53 bits per heavy atom. The average molecular weight is 264 g/mol. The molecule has 0 aromatic rings. The maximum absolute atomic E-state index is 12.3. The topological polar surface area (TPSA) is 43.4 Å². The molecule has 0 spiro atoms. The lowest BCUT2D eigenvalue weighted by Gasteiger charge is -2.42. The molecule has 0 aliphatic heterocycles. The van der Waals surface area contributed by atoms with Crippen LogP contribution in [0.15, 0.2) is 23.8 Å². The Bertz CT molecular complexity index is 420. The zero-order chi connectivity index (χ0) is 14.6. The molecule has 0 saturated carbocycles. The summed E-state index contributed by atoms with van der Waals surface area (Å²) in [4.78, 5) is 23.4. The van der Waals surface area contributed by atoms with E-state index in [1.807, 2.05) is 19.9 Å². The molecule has 0 saturated heterocycles. The lowest BCUT2D eigenvalue weighted by molar-refractivity contribution is -0.146. The van der Waals surface area contributed by atoms with Crippen molar-refractivity contribution in [2.24, 2.45) is 11.3 Å². The van der Waals surface area contributed by atoms with Crippen molar-refractivity contribution in [1.29, 1.82) is 0 Å². The minimum absolute atomic E-state index is 0.111. The van der Waals surface area contributed by atoms with E-state index < -0.39 is 0 Å². The summed E-state index contributed by atoms with van der Waals surface area (Å²) in [5.74, 6) is -0.242. The summed E-state index contributed by atoms with van der Waals surface area (Å²) in [6.07, 6.45) is 6.71. The minimum atomic E-state index is -0.272. The van der Waals surface area contributed by atoms with Crippen molar-refractivity contribution in [2.45, 2.75) is 53.6 Å². The molecule has 3 unspecified atom stereocenters. The molecule has 0 bridgehead atoms. The lowest BCUT2D eigenvalue weighted by atomic mass is 9.63. The minimum Gasteiger partial charge on any atom is -0.458 e. The van der Waals surface area contributed by atoms with E-state index in [9.17, 15) is 9.59 Å². The molecule has 0 radical (unpaired) electrons. The third-order valence-corrected chi connectivity index (χ3v) is 4.01. The zero-order valence-electron chi connectivity index (χ0n) is 12.5. The molecular weight excluding hydrogens is 240 g/mol. The summed E-state index contributed by atoms with van der Waals surface area (Å²) in [5, 5.41) is 0. The van der Waals surface area contributed by atoms with E-state index in [2.05, 4.69) is 13.8 Å². The van der Waals surface area contributed by atoms with E-state index in [1.54, 1.807) is 12.2 Å². The van der Waals surface area contributed by atoms with Gasteiger partial charge in [-0.3, -0.25) is 9.59 Å². The van der Waals surface area contributed by atoms with Gasteiger partial charge in [-0.05, 0) is 44.3 Å². The van der Waals surface area contributed by atoms with Gasteiger partial charge in [-0.1, -0.05) is 25.5 Å². The number of ketones is 1. The number of carbonyl (C=O) groups is 2. The van der Waals surface area contributed by atoms with Crippen LogP contribution in [0.3, 0.4) is 0 Å². The van der Waals surface area contributed by atoms with Crippen molar-refractivity contribution in [3.8, 4) is 0 Å². The number of carbonyl (C=O) groups excluding carboxylic acids is 2. The van der Waals surface area contributed by atoms with Gasteiger partial charge in [0.1, 0.15) is 6.10 Å². The summed E-state index contributed by atoms with van der Waals surface area (Å²) in [6.45, 7) is 9.41. The van der Waals surface area contributed by atoms with E-state index >= 15 is 0 Å². The summed E-state index contributed by atoms with van der Waals surface area (Å²) in [5.41, 5.74) is 0.847. The van der Waals surface area contributed by atoms with Gasteiger partial charge in [-0.25, -0.2) is 0 Å². The fourth-order valence-electron chi connectivity index (χ4n) is 3.04. The first kappa shape index (κ1) is 15.7. The molecule has 1 rings (SSSR count). The van der Waals surface area contributed by atoms with Crippen LogP contribution in [0.25, 0.3) is 0 Å². The number of hydrogen-bond acceptors (Lipinski definition) is 3. The van der Waals surface area contributed by atoms with Crippen LogP contribution >= 0.6 is 0 Å². The summed E-state index contributed by atoms with van der Waals surface area (Å²) in [7, 11) is 0. The molecule has 1 aliphatic carbocycles. The predicted octanol–water partition coefficient (Wildman–Crippen LogP) is 3.45. The highest BCUT2D eigenvalue weighted by Gasteiger charge is 2.42. The first-order chi connectivity index (χ1) is 8.84. The fraction of sp³-hybridized carbons (Fsp3) is 0.625. The van der Waals surface area contributed by atoms with Crippen molar-refractivity contribution in [1.82, 2.24) is 0 Å². The molecule has 0 N–H and O–H groups in total. The number of hydrogen-bond donors (Lipinski definition) is 0. The van der Waals surface area contributed by atoms with E-state index in [4.69, 9.17) is 4.74 Å². The standard InChI is InChI=1S/C16H24O3/c1-6-8-14(18)15-11(3)9-13(19-12(4)17)10-16(15,5)7-2/h6,8-9,13,15H,7,10H2,1-5H3. The quantitative estimate of drug-likeness (QED) is 0.444. The van der Waals surface area contributed by atoms with Gasteiger partial charge in [0, 0.05) is 12.8 Å². The van der Waals surface area contributed by atoms with Crippen molar-refractivity contribution >= 4 is 11.8 Å². The van der Waals surface area contributed by atoms with Crippen LogP contribution < -0.4 is 0 Å². The Morgan fingerprint density at radius 3 is 2.63 bits per heavy atom. The smallest absolute Gasteiger partial charge is 0.303 e. The van der Waals surface area contributed by atoms with Crippen LogP contribution in [0.1, 0.15) is 47.5 Å². The van der Waals surface area contributed by atoms with E-state index in [-0.39, 0.29) is 29.2 Å². The highest BCUT2D eigenvalue weighted by Crippen LogP contribution is 2.45. The summed E-state index contributed by atoms with van der Waals surface area (Å²) < 4.78 is 5.30. The number of ether oxygens (including phenoxy) is 1. The molecule has 19 heavy (non-hydrogen) atoms. The predicted molar refractivity (Wildman–Crippen MR) is 75.6 cm³/mol. The van der Waals surface area contributed by atoms with Crippen LogP contribution in [0.5, 0.6) is 0 Å². The van der Waals surface area contributed by atoms with Crippen LogP contribution in [0, 0.1) is 11.3 Å². The third-order valence-electron chi connectivity index (χ3n) is 4.01. The number of allylic oxidation sites excluding steroid dienone is 3. The first-order valence-electron chi connectivity index (χ1n) is 6.86. The van der Waals surface area contributed by atoms with Crippen LogP contribution in [-0.4, -0.2) is 17.9 Å². The molecule has 0 heterocycles. The molecule has 3 nitrogen and oxygen atoms in total. The molecule has 0 aromatic carbocycles. The molecule has 3 atom stereocenters. The van der Waals surface area contributed by atoms with Crippen LogP contribution in [0.2, 0.25) is 0 Å². The van der Waals surface area contributed by atoms with Gasteiger partial charge in [0.05, 0.1) is 0 Å². The summed E-state index contributed by atoms with van der Waals surface area (Å²) in [6, 6.07) is 0. The van der Waals surface area contributed by atoms with Crippen molar-refractivity contribution in [2.75, 3.05) is 0 Å². The molecular formula is C16H24O3. The van der Waals surface area contributed by atoms with Crippen LogP contribution in [0.4, 0.5) is 0 Å². The van der Waals surface area contributed by atoms with Gasteiger partial charge in [0.25, 0.3) is 0 Å². The van der Waals surface area contributed by atoms with Gasteiger partial charge in [0.15, 0.2) is 5.78 Å². The van der Waals surface area contributed by atoms with Crippen LogP contribution in [-0.2, 0) is 14.3 Å². The van der Waals surface area contributed by atoms with Gasteiger partial charge in [-0.15, -0.1) is 0 Å². The Hall–Kier alpha value is -1.38. The maximum Gasteiger partial charge on any atom is 0.303 e. The normalized spacial score (nSPS) is 31.1. The fourth-order valence-corrected chi connectivity index (χ4v) is 3.04. The van der Waals surface area contributed by atoms with Crippen molar-refractivity contribution in [3.05, 3.63) is 23.8 Å². The third kappa shape index (κ3) is 3.55. The van der Waals surface area contributed by atoms with E-state index in [0.29, 0.717) is 6.42 Å². The largest absolute Gasteiger partial charge is 0.458 e. The van der Waals surface area contributed by atoms with Gasteiger partial charge in [-0.2, -0.15) is 0 Å². The Morgan fingerprint density at radius 2 is 2.16 bits per heavy atom. The van der Waals surface area contributed by atoms with Gasteiger partial charge >= 0.3 is 5.97 Å². The molecule has 106 valence electrons. The Labute approximate surface area is 115 Å². The van der Waals surface area contributed by atoms with Crippen molar-refractivity contribution < 1.29 is 14.3 Å². The second-order valence-corrected chi connectivity index (χ2v) is 5.61. The van der Waals surface area contributed by atoms with E-state index in [0.717, 1.165) is 12.0 Å². The van der Waals surface area contributed by atoms with Crippen molar-refractivity contribution in [3.63, 3.8) is 0 Å². The molecule has 0 fully saturated rings. The van der Waals surface area contributed by atoms with Gasteiger partial charge < -0.3 is 4.74 Å². The van der Waals surface area contributed by atoms with E-state index in [1.165, 1.54) is 6.92 Å².